The van der Waals surface area contributed by atoms with Crippen LogP contribution >= 0.6 is 0 Å². The molecule has 0 aromatic heterocycles. The van der Waals surface area contributed by atoms with Gasteiger partial charge in [0, 0.05) is 37.2 Å². The molecule has 0 radical (unpaired) electrons. The fourth-order valence-electron chi connectivity index (χ4n) is 2.54. The highest BCUT2D eigenvalue weighted by molar-refractivity contribution is 6.07. The Labute approximate surface area is 88.3 Å². The first-order valence-corrected chi connectivity index (χ1v) is 5.32. The van der Waals surface area contributed by atoms with E-state index in [-0.39, 0.29) is 5.78 Å². The van der Waals surface area contributed by atoms with Crippen molar-refractivity contribution < 1.29 is 9.90 Å². The highest BCUT2D eigenvalue weighted by atomic mass is 16.3. The van der Waals surface area contributed by atoms with Crippen LogP contribution in [0.4, 0.5) is 5.69 Å². The smallest absolute Gasteiger partial charge is 0.196 e. The molecule has 1 N–H and O–H groups in total. The van der Waals surface area contributed by atoms with E-state index >= 15 is 0 Å². The summed E-state index contributed by atoms with van der Waals surface area (Å²) in [7, 11) is 0. The number of hydrogen-bond donors (Lipinski definition) is 1. The van der Waals surface area contributed by atoms with Crippen LogP contribution < -0.4 is 4.90 Å². The molecule has 2 bridgehead atoms. The van der Waals surface area contributed by atoms with Crippen LogP contribution in [-0.4, -0.2) is 29.6 Å². The van der Waals surface area contributed by atoms with Crippen molar-refractivity contribution >= 4 is 11.5 Å². The number of benzene rings is 1. The maximum Gasteiger partial charge on any atom is 0.196 e. The number of ketones is 1. The number of para-hydroxylation sites is 1. The molecule has 3 nitrogen and oxygen atoms in total. The summed E-state index contributed by atoms with van der Waals surface area (Å²) in [5, 5.41) is 10.2. The number of hydrogen-bond acceptors (Lipinski definition) is 3. The number of nitrogens with zero attached hydrogens (tertiary/aromatic N) is 1. The van der Waals surface area contributed by atoms with Crippen LogP contribution in [0.2, 0.25) is 0 Å². The van der Waals surface area contributed by atoms with Gasteiger partial charge >= 0.3 is 0 Å². The predicted octanol–water partition coefficient (Wildman–Crippen LogP) is 1.21. The van der Waals surface area contributed by atoms with Crippen molar-refractivity contribution in [1.29, 1.82) is 0 Å². The lowest BCUT2D eigenvalue weighted by molar-refractivity contribution is 0.0211. The van der Waals surface area contributed by atoms with Crippen LogP contribution in [0.1, 0.15) is 23.2 Å². The molecule has 1 aromatic rings. The number of fused-ring (bicyclic) bond motifs is 2. The van der Waals surface area contributed by atoms with Gasteiger partial charge in [0.2, 0.25) is 0 Å². The van der Waals surface area contributed by atoms with Crippen LogP contribution in [0, 0.1) is 0 Å². The van der Waals surface area contributed by atoms with Crippen molar-refractivity contribution in [2.24, 2.45) is 0 Å². The van der Waals surface area contributed by atoms with E-state index in [0.717, 1.165) is 18.8 Å². The van der Waals surface area contributed by atoms with Gasteiger partial charge in [-0.2, -0.15) is 0 Å². The van der Waals surface area contributed by atoms with Gasteiger partial charge in [0.1, 0.15) is 5.60 Å². The number of carbonyl (C=O) groups excluding carboxylic acids is 1. The molecule has 0 atom stereocenters. The zero-order valence-corrected chi connectivity index (χ0v) is 8.44. The molecule has 1 saturated heterocycles. The molecular formula is C12H13NO2. The zero-order chi connectivity index (χ0) is 10.5. The van der Waals surface area contributed by atoms with Crippen molar-refractivity contribution in [2.75, 3.05) is 18.0 Å². The molecule has 0 aliphatic carbocycles. The lowest BCUT2D eigenvalue weighted by Crippen LogP contribution is -2.45. The molecule has 4 rings (SSSR count). The third-order valence-corrected chi connectivity index (χ3v) is 3.50. The van der Waals surface area contributed by atoms with Crippen LogP contribution in [0.25, 0.3) is 0 Å². The Bertz CT molecular complexity index is 419. The maximum absolute atomic E-state index is 12.1. The Morgan fingerprint density at radius 2 is 1.87 bits per heavy atom. The third kappa shape index (κ3) is 1.13. The number of carbonyl (C=O) groups is 1. The van der Waals surface area contributed by atoms with Gasteiger partial charge in [-0.25, -0.2) is 0 Å². The van der Waals surface area contributed by atoms with Crippen molar-refractivity contribution in [3.8, 4) is 0 Å². The summed E-state index contributed by atoms with van der Waals surface area (Å²) in [6, 6.07) is 7.57. The number of piperidine rings is 1. The molecular weight excluding hydrogens is 190 g/mol. The Balaban J connectivity index is 2.23. The van der Waals surface area contributed by atoms with E-state index in [0.29, 0.717) is 18.4 Å². The molecule has 0 saturated carbocycles. The summed E-state index contributed by atoms with van der Waals surface area (Å²) in [6.07, 6.45) is 1.11. The van der Waals surface area contributed by atoms with Gasteiger partial charge in [-0.1, -0.05) is 12.1 Å². The van der Waals surface area contributed by atoms with Gasteiger partial charge in [0.15, 0.2) is 5.78 Å². The minimum Gasteiger partial charge on any atom is -0.382 e. The summed E-state index contributed by atoms with van der Waals surface area (Å²) in [5.41, 5.74) is 0.550. The first-order chi connectivity index (χ1) is 7.21. The fraction of sp³-hybridized carbons (Fsp3) is 0.417. The maximum atomic E-state index is 12.1. The Morgan fingerprint density at radius 3 is 2.60 bits per heavy atom. The van der Waals surface area contributed by atoms with Gasteiger partial charge in [-0.3, -0.25) is 4.79 Å². The summed E-state index contributed by atoms with van der Waals surface area (Å²) in [4.78, 5) is 14.3. The second-order valence-corrected chi connectivity index (χ2v) is 4.36. The van der Waals surface area contributed by atoms with Gasteiger partial charge in [0.05, 0.1) is 0 Å². The van der Waals surface area contributed by atoms with Crippen LogP contribution in [0.5, 0.6) is 0 Å². The van der Waals surface area contributed by atoms with E-state index in [1.165, 1.54) is 0 Å². The number of Topliss-reactive ketones (excluding diaryl/α,β-unsaturated/α-hetero) is 1. The molecule has 3 heterocycles. The molecule has 0 spiro atoms. The quantitative estimate of drug-likeness (QED) is 0.689. The second-order valence-electron chi connectivity index (χ2n) is 4.36. The minimum atomic E-state index is -1.11. The Hall–Kier alpha value is -1.35. The lowest BCUT2D eigenvalue weighted by atomic mass is 9.87. The Kier molecular flexibility index (Phi) is 1.68. The first-order valence-electron chi connectivity index (χ1n) is 5.32. The fourth-order valence-corrected chi connectivity index (χ4v) is 2.54. The average molecular weight is 203 g/mol. The molecule has 3 aliphatic rings. The topological polar surface area (TPSA) is 40.5 Å². The van der Waals surface area contributed by atoms with E-state index in [9.17, 15) is 9.90 Å². The number of anilines is 1. The summed E-state index contributed by atoms with van der Waals surface area (Å²) >= 11 is 0. The number of rotatable bonds is 0. The molecule has 3 aliphatic heterocycles. The third-order valence-electron chi connectivity index (χ3n) is 3.50. The van der Waals surface area contributed by atoms with E-state index in [1.807, 2.05) is 24.3 Å². The van der Waals surface area contributed by atoms with Gasteiger partial charge in [0.25, 0.3) is 0 Å². The van der Waals surface area contributed by atoms with Gasteiger partial charge in [-0.15, -0.1) is 0 Å². The van der Waals surface area contributed by atoms with E-state index < -0.39 is 5.60 Å². The molecule has 1 aromatic carbocycles. The van der Waals surface area contributed by atoms with Crippen LogP contribution in [0.3, 0.4) is 0 Å². The monoisotopic (exact) mass is 203 g/mol. The molecule has 1 fully saturated rings. The standard InChI is InChI=1S/C12H13NO2/c14-11-9-3-1-2-4-10(9)13-7-5-12(11,15)6-8-13/h1-4,15H,5-8H2. The zero-order valence-electron chi connectivity index (χ0n) is 8.44. The molecule has 78 valence electrons. The van der Waals surface area contributed by atoms with Gasteiger partial charge in [-0.05, 0) is 12.1 Å². The summed E-state index contributed by atoms with van der Waals surface area (Å²) in [5.74, 6) is -0.0990. The lowest BCUT2D eigenvalue weighted by Gasteiger charge is -2.33. The van der Waals surface area contributed by atoms with E-state index in [4.69, 9.17) is 0 Å². The largest absolute Gasteiger partial charge is 0.382 e. The Morgan fingerprint density at radius 1 is 1.20 bits per heavy atom. The average Bonchev–Trinajstić information content (AvgIpc) is 2.44. The first kappa shape index (κ1) is 8.92. The SMILES string of the molecule is O=C1c2ccccc2N2CCC1(O)CC2. The normalized spacial score (nSPS) is 22.5. The van der Waals surface area contributed by atoms with Gasteiger partial charge < -0.3 is 10.0 Å². The summed E-state index contributed by atoms with van der Waals surface area (Å²) < 4.78 is 0. The second kappa shape index (κ2) is 2.83. The van der Waals surface area contributed by atoms with Crippen molar-refractivity contribution in [3.05, 3.63) is 29.8 Å². The van der Waals surface area contributed by atoms with Crippen LogP contribution in [0.15, 0.2) is 24.3 Å². The minimum absolute atomic E-state index is 0.0990. The van der Waals surface area contributed by atoms with E-state index in [2.05, 4.69) is 4.90 Å². The highest BCUT2D eigenvalue weighted by Crippen LogP contribution is 2.36. The van der Waals surface area contributed by atoms with Crippen molar-refractivity contribution in [2.45, 2.75) is 18.4 Å². The molecule has 3 heteroatoms. The van der Waals surface area contributed by atoms with E-state index in [1.54, 1.807) is 0 Å². The summed E-state index contributed by atoms with van der Waals surface area (Å²) in [6.45, 7) is 1.55. The van der Waals surface area contributed by atoms with Crippen molar-refractivity contribution in [3.63, 3.8) is 0 Å². The molecule has 15 heavy (non-hydrogen) atoms. The molecule has 0 amide bonds. The van der Waals surface area contributed by atoms with Crippen molar-refractivity contribution in [1.82, 2.24) is 0 Å². The number of aliphatic hydroxyl groups is 1. The highest BCUT2D eigenvalue weighted by Gasteiger charge is 2.44. The molecule has 0 unspecified atom stereocenters. The van der Waals surface area contributed by atoms with Crippen LogP contribution in [-0.2, 0) is 0 Å². The predicted molar refractivity (Wildman–Crippen MR) is 57.2 cm³/mol.